The second kappa shape index (κ2) is 9.32. The summed E-state index contributed by atoms with van der Waals surface area (Å²) in [6.45, 7) is 0.0884. The predicted octanol–water partition coefficient (Wildman–Crippen LogP) is 3.79. The Hall–Kier alpha value is -1.83. The Labute approximate surface area is 170 Å². The fourth-order valence-electron chi connectivity index (χ4n) is 4.21. The molecule has 0 heterocycles. The van der Waals surface area contributed by atoms with Crippen LogP contribution in [0.2, 0.25) is 0 Å². The van der Waals surface area contributed by atoms with Crippen LogP contribution in [-0.4, -0.2) is 39.0 Å². The van der Waals surface area contributed by atoms with Crippen LogP contribution in [0.5, 0.6) is 0 Å². The Balaban J connectivity index is 1.66. The smallest absolute Gasteiger partial charge is 0.178 e. The van der Waals surface area contributed by atoms with Crippen LogP contribution >= 0.6 is 0 Å². The molecular weight excluding hydrogens is 396 g/mol. The van der Waals surface area contributed by atoms with Crippen molar-refractivity contribution in [2.75, 3.05) is 19.4 Å². The summed E-state index contributed by atoms with van der Waals surface area (Å²) in [6.07, 6.45) is 3.44. The summed E-state index contributed by atoms with van der Waals surface area (Å²) in [4.78, 5) is 0.217. The molecule has 0 saturated heterocycles. The van der Waals surface area contributed by atoms with E-state index in [-0.39, 0.29) is 34.8 Å². The molecule has 3 rings (SSSR count). The number of aliphatic hydroxyl groups is 1. The second-order valence-corrected chi connectivity index (χ2v) is 9.82. The minimum atomic E-state index is -3.44. The van der Waals surface area contributed by atoms with E-state index in [4.69, 9.17) is 0 Å². The third-order valence-electron chi connectivity index (χ3n) is 5.94. The number of benzene rings is 2. The van der Waals surface area contributed by atoms with Crippen LogP contribution in [0, 0.1) is 23.5 Å². The van der Waals surface area contributed by atoms with Crippen LogP contribution in [0.4, 0.5) is 8.78 Å². The van der Waals surface area contributed by atoms with Crippen molar-refractivity contribution in [3.8, 4) is 11.1 Å². The SMILES string of the molecule is CNC(CO)C1CCC(CS(=O)(=O)c2ccc(-c3ccc(F)cc3F)cc2)CC1. The Morgan fingerprint density at radius 3 is 2.28 bits per heavy atom. The van der Waals surface area contributed by atoms with Crippen molar-refractivity contribution in [3.05, 3.63) is 54.1 Å². The molecule has 4 nitrogen and oxygen atoms in total. The van der Waals surface area contributed by atoms with Gasteiger partial charge in [-0.15, -0.1) is 0 Å². The van der Waals surface area contributed by atoms with Crippen molar-refractivity contribution in [2.45, 2.75) is 36.6 Å². The number of sulfone groups is 1. The molecule has 29 heavy (non-hydrogen) atoms. The molecule has 7 heteroatoms. The van der Waals surface area contributed by atoms with Crippen molar-refractivity contribution in [2.24, 2.45) is 11.8 Å². The lowest BCUT2D eigenvalue weighted by molar-refractivity contribution is 0.164. The van der Waals surface area contributed by atoms with Crippen molar-refractivity contribution in [1.29, 1.82) is 0 Å². The molecule has 0 aromatic heterocycles. The molecule has 2 aromatic rings. The fourth-order valence-corrected chi connectivity index (χ4v) is 5.90. The maximum absolute atomic E-state index is 13.9. The standard InChI is InChI=1S/C22H27F2NO3S/c1-25-22(13-26)17-4-2-15(3-5-17)14-29(27,28)19-9-6-16(7-10-19)20-11-8-18(23)12-21(20)24/h6-12,15,17,22,25-26H,2-5,13-14H2,1H3. The number of hydrogen-bond acceptors (Lipinski definition) is 4. The van der Waals surface area contributed by atoms with Gasteiger partial charge in [0.1, 0.15) is 11.6 Å². The first-order valence-electron chi connectivity index (χ1n) is 9.90. The summed E-state index contributed by atoms with van der Waals surface area (Å²) in [6, 6.07) is 9.48. The highest BCUT2D eigenvalue weighted by Crippen LogP contribution is 2.33. The highest BCUT2D eigenvalue weighted by atomic mass is 32.2. The molecule has 1 atom stereocenters. The zero-order valence-corrected chi connectivity index (χ0v) is 17.3. The average Bonchev–Trinajstić information content (AvgIpc) is 2.70. The van der Waals surface area contributed by atoms with Gasteiger partial charge in [0.05, 0.1) is 17.3 Å². The molecule has 2 aromatic carbocycles. The van der Waals surface area contributed by atoms with E-state index in [1.54, 1.807) is 12.1 Å². The third-order valence-corrected chi connectivity index (χ3v) is 7.84. The van der Waals surface area contributed by atoms with E-state index < -0.39 is 21.5 Å². The summed E-state index contributed by atoms with van der Waals surface area (Å²) in [5.41, 5.74) is 0.737. The van der Waals surface area contributed by atoms with E-state index in [0.717, 1.165) is 31.7 Å². The minimum absolute atomic E-state index is 0.0620. The highest BCUT2D eigenvalue weighted by Gasteiger charge is 2.29. The highest BCUT2D eigenvalue weighted by molar-refractivity contribution is 7.91. The molecule has 158 valence electrons. The lowest BCUT2D eigenvalue weighted by Crippen LogP contribution is -2.39. The summed E-state index contributed by atoms with van der Waals surface area (Å²) < 4.78 is 52.6. The Bertz CT molecular complexity index is 920. The van der Waals surface area contributed by atoms with Gasteiger partial charge in [-0.05, 0) is 74.4 Å². The van der Waals surface area contributed by atoms with Crippen molar-refractivity contribution in [3.63, 3.8) is 0 Å². The molecule has 1 aliphatic carbocycles. The predicted molar refractivity (Wildman–Crippen MR) is 109 cm³/mol. The van der Waals surface area contributed by atoms with Crippen LogP contribution in [0.1, 0.15) is 25.7 Å². The molecule has 0 bridgehead atoms. The van der Waals surface area contributed by atoms with Crippen LogP contribution in [-0.2, 0) is 9.84 Å². The topological polar surface area (TPSA) is 66.4 Å². The molecule has 1 fully saturated rings. The number of halogens is 2. The van der Waals surface area contributed by atoms with E-state index in [1.165, 1.54) is 24.3 Å². The van der Waals surface area contributed by atoms with Gasteiger partial charge in [0, 0.05) is 17.7 Å². The van der Waals surface area contributed by atoms with Gasteiger partial charge in [0.15, 0.2) is 9.84 Å². The zero-order chi connectivity index (χ0) is 21.0. The normalized spacial score (nSPS) is 21.1. The lowest BCUT2D eigenvalue weighted by atomic mass is 9.79. The Morgan fingerprint density at radius 1 is 1.07 bits per heavy atom. The molecular formula is C22H27F2NO3S. The molecule has 0 aliphatic heterocycles. The molecule has 1 saturated carbocycles. The van der Waals surface area contributed by atoms with E-state index in [2.05, 4.69) is 5.32 Å². The van der Waals surface area contributed by atoms with Crippen LogP contribution in [0.15, 0.2) is 47.4 Å². The zero-order valence-electron chi connectivity index (χ0n) is 16.4. The van der Waals surface area contributed by atoms with E-state index >= 15 is 0 Å². The molecule has 0 radical (unpaired) electrons. The van der Waals surface area contributed by atoms with Gasteiger partial charge >= 0.3 is 0 Å². The van der Waals surface area contributed by atoms with Crippen molar-refractivity contribution >= 4 is 9.84 Å². The van der Waals surface area contributed by atoms with Gasteiger partial charge in [0.25, 0.3) is 0 Å². The first kappa shape index (κ1) is 21.9. The summed E-state index contributed by atoms with van der Waals surface area (Å²) >= 11 is 0. The number of rotatable bonds is 7. The van der Waals surface area contributed by atoms with Crippen LogP contribution < -0.4 is 5.32 Å². The summed E-state index contributed by atoms with van der Waals surface area (Å²) in [7, 11) is -1.61. The molecule has 0 spiro atoms. The van der Waals surface area contributed by atoms with Crippen molar-refractivity contribution in [1.82, 2.24) is 5.32 Å². The van der Waals surface area contributed by atoms with Gasteiger partial charge in [-0.1, -0.05) is 12.1 Å². The fraction of sp³-hybridized carbons (Fsp3) is 0.455. The molecule has 0 amide bonds. The number of aliphatic hydroxyl groups excluding tert-OH is 1. The van der Waals surface area contributed by atoms with E-state index in [0.29, 0.717) is 11.5 Å². The van der Waals surface area contributed by atoms with Crippen LogP contribution in [0.25, 0.3) is 11.1 Å². The average molecular weight is 424 g/mol. The second-order valence-electron chi connectivity index (χ2n) is 7.79. The largest absolute Gasteiger partial charge is 0.395 e. The molecule has 1 aliphatic rings. The summed E-state index contributed by atoms with van der Waals surface area (Å²) in [5.74, 6) is -0.774. The van der Waals surface area contributed by atoms with Gasteiger partial charge in [-0.25, -0.2) is 17.2 Å². The number of likely N-dealkylation sites (N-methyl/N-ethyl adjacent to an activating group) is 1. The quantitative estimate of drug-likeness (QED) is 0.711. The first-order chi connectivity index (χ1) is 13.8. The van der Waals surface area contributed by atoms with Gasteiger partial charge < -0.3 is 10.4 Å². The monoisotopic (exact) mass is 423 g/mol. The van der Waals surface area contributed by atoms with Gasteiger partial charge in [-0.3, -0.25) is 0 Å². The van der Waals surface area contributed by atoms with Gasteiger partial charge in [0.2, 0.25) is 0 Å². The lowest BCUT2D eigenvalue weighted by Gasteiger charge is -2.32. The van der Waals surface area contributed by atoms with E-state index in [1.807, 2.05) is 7.05 Å². The number of nitrogens with one attached hydrogen (secondary N) is 1. The van der Waals surface area contributed by atoms with Crippen molar-refractivity contribution < 1.29 is 22.3 Å². The minimum Gasteiger partial charge on any atom is -0.395 e. The molecule has 1 unspecified atom stereocenters. The Morgan fingerprint density at radius 2 is 1.72 bits per heavy atom. The van der Waals surface area contributed by atoms with Gasteiger partial charge in [-0.2, -0.15) is 0 Å². The maximum atomic E-state index is 13.9. The third kappa shape index (κ3) is 5.21. The summed E-state index contributed by atoms with van der Waals surface area (Å²) in [5, 5.41) is 12.5. The number of hydrogen-bond donors (Lipinski definition) is 2. The maximum Gasteiger partial charge on any atom is 0.178 e. The van der Waals surface area contributed by atoms with E-state index in [9.17, 15) is 22.3 Å². The Kier molecular flexibility index (Phi) is 7.03. The first-order valence-corrected chi connectivity index (χ1v) is 11.6. The molecule has 2 N–H and O–H groups in total. The van der Waals surface area contributed by atoms with Crippen LogP contribution in [0.3, 0.4) is 0 Å².